The van der Waals surface area contributed by atoms with Gasteiger partial charge in [0.25, 0.3) is 0 Å². The summed E-state index contributed by atoms with van der Waals surface area (Å²) in [4.78, 5) is 0. The first-order valence-electron chi connectivity index (χ1n) is 6.40. The van der Waals surface area contributed by atoms with Crippen LogP contribution in [0, 0.1) is 13.8 Å². The lowest BCUT2D eigenvalue weighted by Crippen LogP contribution is -1.96. The molecule has 0 spiro atoms. The first kappa shape index (κ1) is 10.6. The van der Waals surface area contributed by atoms with Gasteiger partial charge < -0.3 is 0 Å². The molecule has 0 aromatic heterocycles. The molecule has 0 heterocycles. The molecule has 0 bridgehead atoms. The molecule has 0 aliphatic heterocycles. The number of aryl methyl sites for hydroxylation is 3. The van der Waals surface area contributed by atoms with Crippen molar-refractivity contribution in [3.63, 3.8) is 0 Å². The molecule has 17 heavy (non-hydrogen) atoms. The first-order valence-corrected chi connectivity index (χ1v) is 6.40. The van der Waals surface area contributed by atoms with Crippen molar-refractivity contribution in [2.24, 2.45) is 0 Å². The van der Waals surface area contributed by atoms with Crippen LogP contribution in [0.3, 0.4) is 0 Å². The van der Waals surface area contributed by atoms with E-state index in [2.05, 4.69) is 56.3 Å². The molecule has 0 fully saturated rings. The second kappa shape index (κ2) is 4.03. The highest BCUT2D eigenvalue weighted by Crippen LogP contribution is 2.39. The molecule has 0 nitrogen and oxygen atoms in total. The lowest BCUT2D eigenvalue weighted by Gasteiger charge is -2.13. The molecule has 0 heteroatoms. The third-order valence-corrected chi connectivity index (χ3v) is 4.04. The van der Waals surface area contributed by atoms with Crippen LogP contribution in [-0.4, -0.2) is 0 Å². The largest absolute Gasteiger partial charge is 0.0622 e. The van der Waals surface area contributed by atoms with Gasteiger partial charge in [0, 0.05) is 5.92 Å². The van der Waals surface area contributed by atoms with Gasteiger partial charge in [0.2, 0.25) is 0 Å². The van der Waals surface area contributed by atoms with E-state index >= 15 is 0 Å². The standard InChI is InChI=1S/C17H18/c1-12-10-15-8-9-16(17(15)11-13(12)2)14-6-4-3-5-7-14/h3-7,10-11,16H,8-9H2,1-2H3. The second-order valence-electron chi connectivity index (χ2n) is 5.14. The van der Waals surface area contributed by atoms with Crippen molar-refractivity contribution in [2.45, 2.75) is 32.6 Å². The summed E-state index contributed by atoms with van der Waals surface area (Å²) in [6.07, 6.45) is 2.50. The summed E-state index contributed by atoms with van der Waals surface area (Å²) in [5, 5.41) is 0. The van der Waals surface area contributed by atoms with Crippen LogP contribution in [-0.2, 0) is 6.42 Å². The van der Waals surface area contributed by atoms with E-state index in [1.165, 1.54) is 29.5 Å². The van der Waals surface area contributed by atoms with Crippen LogP contribution in [0.25, 0.3) is 0 Å². The van der Waals surface area contributed by atoms with Crippen LogP contribution < -0.4 is 0 Å². The second-order valence-corrected chi connectivity index (χ2v) is 5.14. The molecular weight excluding hydrogens is 204 g/mol. The molecule has 1 unspecified atom stereocenters. The van der Waals surface area contributed by atoms with Gasteiger partial charge >= 0.3 is 0 Å². The zero-order valence-electron chi connectivity index (χ0n) is 10.5. The van der Waals surface area contributed by atoms with Crippen LogP contribution in [0.2, 0.25) is 0 Å². The molecule has 0 radical (unpaired) electrons. The van der Waals surface area contributed by atoms with Crippen molar-refractivity contribution < 1.29 is 0 Å². The molecule has 86 valence electrons. The molecule has 0 amide bonds. The van der Waals surface area contributed by atoms with Crippen LogP contribution >= 0.6 is 0 Å². The maximum atomic E-state index is 2.40. The van der Waals surface area contributed by atoms with Gasteiger partial charge in [-0.25, -0.2) is 0 Å². The highest BCUT2D eigenvalue weighted by molar-refractivity contribution is 5.46. The minimum atomic E-state index is 0.616. The van der Waals surface area contributed by atoms with Crippen molar-refractivity contribution in [3.05, 3.63) is 70.3 Å². The fourth-order valence-corrected chi connectivity index (χ4v) is 2.93. The van der Waals surface area contributed by atoms with E-state index < -0.39 is 0 Å². The Morgan fingerprint density at radius 3 is 2.41 bits per heavy atom. The summed E-state index contributed by atoms with van der Waals surface area (Å²) in [6, 6.07) is 15.7. The van der Waals surface area contributed by atoms with Crippen LogP contribution in [0.15, 0.2) is 42.5 Å². The monoisotopic (exact) mass is 222 g/mol. The Balaban J connectivity index is 2.07. The third kappa shape index (κ3) is 1.78. The molecule has 1 aliphatic carbocycles. The van der Waals surface area contributed by atoms with Gasteiger partial charge in [0.05, 0.1) is 0 Å². The van der Waals surface area contributed by atoms with E-state index in [-0.39, 0.29) is 0 Å². The maximum absolute atomic E-state index is 2.40. The third-order valence-electron chi connectivity index (χ3n) is 4.04. The van der Waals surface area contributed by atoms with Gasteiger partial charge in [0.1, 0.15) is 0 Å². The Kier molecular flexibility index (Phi) is 2.51. The first-order chi connectivity index (χ1) is 8.25. The van der Waals surface area contributed by atoms with E-state index in [1.54, 1.807) is 11.1 Å². The van der Waals surface area contributed by atoms with Crippen molar-refractivity contribution in [2.75, 3.05) is 0 Å². The summed E-state index contributed by atoms with van der Waals surface area (Å²) in [7, 11) is 0. The average Bonchev–Trinajstić information content (AvgIpc) is 2.74. The molecular formula is C17H18. The van der Waals surface area contributed by atoms with Crippen molar-refractivity contribution in [1.29, 1.82) is 0 Å². The molecule has 0 saturated heterocycles. The van der Waals surface area contributed by atoms with Crippen LogP contribution in [0.5, 0.6) is 0 Å². The van der Waals surface area contributed by atoms with E-state index in [0.29, 0.717) is 5.92 Å². The van der Waals surface area contributed by atoms with Crippen molar-refractivity contribution in [3.8, 4) is 0 Å². The predicted molar refractivity (Wildman–Crippen MR) is 72.5 cm³/mol. The number of benzene rings is 2. The van der Waals surface area contributed by atoms with Crippen molar-refractivity contribution in [1.82, 2.24) is 0 Å². The van der Waals surface area contributed by atoms with Crippen LogP contribution in [0.1, 0.15) is 40.2 Å². The molecule has 3 rings (SSSR count). The highest BCUT2D eigenvalue weighted by atomic mass is 14.3. The summed E-state index contributed by atoms with van der Waals surface area (Å²) >= 11 is 0. The van der Waals surface area contributed by atoms with Gasteiger partial charge in [-0.3, -0.25) is 0 Å². The quantitative estimate of drug-likeness (QED) is 0.671. The van der Waals surface area contributed by atoms with Gasteiger partial charge in [-0.05, 0) is 54.5 Å². The summed E-state index contributed by atoms with van der Waals surface area (Å²) in [5.74, 6) is 0.616. The fourth-order valence-electron chi connectivity index (χ4n) is 2.93. The van der Waals surface area contributed by atoms with E-state index in [4.69, 9.17) is 0 Å². The number of fused-ring (bicyclic) bond motifs is 1. The minimum absolute atomic E-state index is 0.616. The number of hydrogen-bond donors (Lipinski definition) is 0. The van der Waals surface area contributed by atoms with Crippen LogP contribution in [0.4, 0.5) is 0 Å². The predicted octanol–water partition coefficient (Wildman–Crippen LogP) is 4.38. The van der Waals surface area contributed by atoms with Gasteiger partial charge in [-0.1, -0.05) is 42.5 Å². The fraction of sp³-hybridized carbons (Fsp3) is 0.294. The minimum Gasteiger partial charge on any atom is -0.0622 e. The lowest BCUT2D eigenvalue weighted by atomic mass is 9.91. The summed E-state index contributed by atoms with van der Waals surface area (Å²) in [6.45, 7) is 4.43. The molecule has 1 aliphatic rings. The molecule has 2 aromatic rings. The number of hydrogen-bond acceptors (Lipinski definition) is 0. The molecule has 2 aromatic carbocycles. The lowest BCUT2D eigenvalue weighted by molar-refractivity contribution is 0.788. The summed E-state index contributed by atoms with van der Waals surface area (Å²) < 4.78 is 0. The topological polar surface area (TPSA) is 0 Å². The Morgan fingerprint density at radius 2 is 1.65 bits per heavy atom. The van der Waals surface area contributed by atoms with E-state index in [1.807, 2.05) is 0 Å². The van der Waals surface area contributed by atoms with E-state index in [0.717, 1.165) is 0 Å². The van der Waals surface area contributed by atoms with Gasteiger partial charge in [-0.15, -0.1) is 0 Å². The zero-order chi connectivity index (χ0) is 11.8. The Bertz CT molecular complexity index is 537. The zero-order valence-corrected chi connectivity index (χ0v) is 10.5. The smallest absolute Gasteiger partial charge is 0.00953 e. The normalized spacial score (nSPS) is 18.1. The number of rotatable bonds is 1. The summed E-state index contributed by atoms with van der Waals surface area (Å²) in [5.41, 5.74) is 7.43. The average molecular weight is 222 g/mol. The SMILES string of the molecule is Cc1cc2c(cc1C)C(c1ccccc1)CC2. The Morgan fingerprint density at radius 1 is 0.941 bits per heavy atom. The maximum Gasteiger partial charge on any atom is 0.00953 e. The molecule has 0 N–H and O–H groups in total. The Labute approximate surface area is 103 Å². The molecule has 1 atom stereocenters. The van der Waals surface area contributed by atoms with Crippen molar-refractivity contribution >= 4 is 0 Å². The highest BCUT2D eigenvalue weighted by Gasteiger charge is 2.24. The van der Waals surface area contributed by atoms with Gasteiger partial charge in [0.15, 0.2) is 0 Å². The van der Waals surface area contributed by atoms with Gasteiger partial charge in [-0.2, -0.15) is 0 Å². The van der Waals surface area contributed by atoms with E-state index in [9.17, 15) is 0 Å². The molecule has 0 saturated carbocycles. The Hall–Kier alpha value is -1.56.